The molecule has 4 heterocycles. The van der Waals surface area contributed by atoms with Crippen molar-refractivity contribution in [2.75, 3.05) is 57.5 Å². The van der Waals surface area contributed by atoms with Crippen LogP contribution in [0.15, 0.2) is 41.3 Å². The standard InChI is InChI=1S/C27H31N7O2/c1-31(2)23(35)21-8-18-12-28-25(30-22(18)34(24(21)36)27-9-17(10-27)11-27)29-19-4-6-20(7-5-19)33-15-26(16-33)13-32(3)14-26/h4-8,12,17H,9-11,13-16H2,1-3H3,(H,28,29,30). The van der Waals surface area contributed by atoms with Crippen LogP contribution in [0, 0.1) is 11.3 Å². The fourth-order valence-electron chi connectivity index (χ4n) is 6.83. The highest BCUT2D eigenvalue weighted by Gasteiger charge is 2.59. The van der Waals surface area contributed by atoms with E-state index in [1.807, 2.05) is 12.1 Å². The number of fused-ring (bicyclic) bond motifs is 1. The number of likely N-dealkylation sites (tertiary alicyclic amines) is 1. The summed E-state index contributed by atoms with van der Waals surface area (Å²) in [6.07, 6.45) is 4.64. The summed E-state index contributed by atoms with van der Waals surface area (Å²) in [5.41, 5.74) is 2.94. The van der Waals surface area contributed by atoms with Gasteiger partial charge in [-0.15, -0.1) is 0 Å². The lowest BCUT2D eigenvalue weighted by Crippen LogP contribution is -2.71. The Kier molecular flexibility index (Phi) is 4.41. The molecule has 5 aliphatic rings. The number of hydrogen-bond acceptors (Lipinski definition) is 7. The van der Waals surface area contributed by atoms with Gasteiger partial charge in [0.25, 0.3) is 11.5 Å². The minimum atomic E-state index is -0.290. The SMILES string of the molecule is CN1CC2(C1)CN(c1ccc(Nc3ncc4cc(C(=O)N(C)C)c(=O)n(C56CC(C5)C6)c4n3)cc1)C2. The molecule has 8 rings (SSSR count). The molecule has 2 bridgehead atoms. The molecular weight excluding hydrogens is 454 g/mol. The number of aromatic nitrogens is 3. The van der Waals surface area contributed by atoms with Gasteiger partial charge in [-0.3, -0.25) is 14.2 Å². The van der Waals surface area contributed by atoms with Crippen molar-refractivity contribution in [3.05, 3.63) is 52.4 Å². The number of hydrogen-bond donors (Lipinski definition) is 1. The number of amides is 1. The van der Waals surface area contributed by atoms with Crippen LogP contribution in [0.1, 0.15) is 29.6 Å². The van der Waals surface area contributed by atoms with E-state index in [0.717, 1.165) is 38.0 Å². The number of anilines is 3. The van der Waals surface area contributed by atoms with Gasteiger partial charge in [-0.25, -0.2) is 4.98 Å². The van der Waals surface area contributed by atoms with Crippen molar-refractivity contribution in [1.29, 1.82) is 0 Å². The van der Waals surface area contributed by atoms with Gasteiger partial charge in [0, 0.05) is 68.6 Å². The Morgan fingerprint density at radius 2 is 1.78 bits per heavy atom. The largest absolute Gasteiger partial charge is 0.370 e. The Morgan fingerprint density at radius 3 is 2.36 bits per heavy atom. The van der Waals surface area contributed by atoms with Crippen LogP contribution in [-0.4, -0.2) is 77.6 Å². The molecule has 0 atom stereocenters. The first-order valence-electron chi connectivity index (χ1n) is 12.7. The Labute approximate surface area is 209 Å². The summed E-state index contributed by atoms with van der Waals surface area (Å²) < 4.78 is 1.78. The van der Waals surface area contributed by atoms with Crippen molar-refractivity contribution in [2.24, 2.45) is 11.3 Å². The molecule has 0 unspecified atom stereocenters. The highest BCUT2D eigenvalue weighted by Crippen LogP contribution is 2.62. The first-order chi connectivity index (χ1) is 17.2. The normalized spacial score (nSPS) is 25.5. The van der Waals surface area contributed by atoms with Crippen molar-refractivity contribution in [3.8, 4) is 0 Å². The van der Waals surface area contributed by atoms with E-state index < -0.39 is 0 Å². The molecule has 1 aromatic carbocycles. The highest BCUT2D eigenvalue weighted by atomic mass is 16.2. The van der Waals surface area contributed by atoms with Crippen LogP contribution >= 0.6 is 0 Å². The highest BCUT2D eigenvalue weighted by molar-refractivity contribution is 5.96. The lowest BCUT2D eigenvalue weighted by atomic mass is 9.49. The smallest absolute Gasteiger partial charge is 0.265 e. The van der Waals surface area contributed by atoms with E-state index in [-0.39, 0.29) is 22.6 Å². The van der Waals surface area contributed by atoms with Crippen LogP contribution in [0.2, 0.25) is 0 Å². The third-order valence-electron chi connectivity index (χ3n) is 8.61. The zero-order chi connectivity index (χ0) is 24.8. The summed E-state index contributed by atoms with van der Waals surface area (Å²) in [4.78, 5) is 41.8. The average Bonchev–Trinajstić information content (AvgIpc) is 2.75. The third kappa shape index (κ3) is 3.11. The summed E-state index contributed by atoms with van der Waals surface area (Å²) in [5.74, 6) is 0.841. The van der Waals surface area contributed by atoms with Gasteiger partial charge < -0.3 is 20.0 Å². The Balaban J connectivity index is 1.17. The Morgan fingerprint density at radius 1 is 1.08 bits per heavy atom. The molecular formula is C27H31N7O2. The molecule has 0 radical (unpaired) electrons. The first-order valence-corrected chi connectivity index (χ1v) is 12.7. The van der Waals surface area contributed by atoms with Gasteiger partial charge in [0.2, 0.25) is 5.95 Å². The predicted octanol–water partition coefficient (Wildman–Crippen LogP) is 2.50. The van der Waals surface area contributed by atoms with Gasteiger partial charge in [0.1, 0.15) is 11.2 Å². The van der Waals surface area contributed by atoms with Crippen molar-refractivity contribution in [3.63, 3.8) is 0 Å². The van der Waals surface area contributed by atoms with E-state index in [0.29, 0.717) is 28.3 Å². The quantitative estimate of drug-likeness (QED) is 0.594. The van der Waals surface area contributed by atoms with Gasteiger partial charge in [-0.05, 0) is 62.6 Å². The van der Waals surface area contributed by atoms with Crippen LogP contribution in [0.5, 0.6) is 0 Å². The molecule has 1 N–H and O–H groups in total. The van der Waals surface area contributed by atoms with Crippen molar-refractivity contribution < 1.29 is 4.79 Å². The number of benzene rings is 1. The van der Waals surface area contributed by atoms with Crippen LogP contribution in [0.3, 0.4) is 0 Å². The summed E-state index contributed by atoms with van der Waals surface area (Å²) in [7, 11) is 5.51. The second kappa shape index (κ2) is 7.29. The van der Waals surface area contributed by atoms with E-state index >= 15 is 0 Å². The predicted molar refractivity (Wildman–Crippen MR) is 139 cm³/mol. The first kappa shape index (κ1) is 21.8. The maximum absolute atomic E-state index is 13.5. The van der Waals surface area contributed by atoms with Crippen molar-refractivity contribution in [1.82, 2.24) is 24.3 Å². The second-order valence-electron chi connectivity index (χ2n) is 11.8. The van der Waals surface area contributed by atoms with E-state index in [4.69, 9.17) is 4.98 Å². The minimum Gasteiger partial charge on any atom is -0.370 e. The number of carbonyl (C=O) groups excluding carboxylic acids is 1. The molecule has 3 aliphatic carbocycles. The van der Waals surface area contributed by atoms with E-state index in [1.54, 1.807) is 30.9 Å². The molecule has 2 saturated heterocycles. The molecule has 186 valence electrons. The Bertz CT molecular complexity index is 1430. The van der Waals surface area contributed by atoms with E-state index in [9.17, 15) is 9.59 Å². The molecule has 2 aliphatic heterocycles. The minimum absolute atomic E-state index is 0.179. The van der Waals surface area contributed by atoms with E-state index in [2.05, 4.69) is 39.3 Å². The summed E-state index contributed by atoms with van der Waals surface area (Å²) in [5, 5.41) is 4.01. The summed E-state index contributed by atoms with van der Waals surface area (Å²) >= 11 is 0. The lowest BCUT2D eigenvalue weighted by molar-refractivity contribution is -0.0884. The summed E-state index contributed by atoms with van der Waals surface area (Å²) in [6.45, 7) is 4.63. The van der Waals surface area contributed by atoms with Gasteiger partial charge in [-0.1, -0.05) is 0 Å². The lowest BCUT2D eigenvalue weighted by Gasteiger charge is -2.62. The van der Waals surface area contributed by atoms with Gasteiger partial charge >= 0.3 is 0 Å². The van der Waals surface area contributed by atoms with Gasteiger partial charge in [0.15, 0.2) is 0 Å². The Hall–Kier alpha value is -3.46. The molecule has 1 amide bonds. The zero-order valence-corrected chi connectivity index (χ0v) is 21.0. The maximum Gasteiger partial charge on any atom is 0.265 e. The van der Waals surface area contributed by atoms with Crippen LogP contribution in [0.4, 0.5) is 17.3 Å². The zero-order valence-electron chi connectivity index (χ0n) is 21.0. The fraction of sp³-hybridized carbons (Fsp3) is 0.481. The number of carbonyl (C=O) groups is 1. The van der Waals surface area contributed by atoms with Crippen LogP contribution < -0.4 is 15.8 Å². The third-order valence-corrected chi connectivity index (χ3v) is 8.61. The average molecular weight is 486 g/mol. The van der Waals surface area contributed by atoms with Crippen LogP contribution in [0.25, 0.3) is 11.0 Å². The van der Waals surface area contributed by atoms with Gasteiger partial charge in [-0.2, -0.15) is 4.98 Å². The molecule has 3 saturated carbocycles. The molecule has 2 aromatic heterocycles. The van der Waals surface area contributed by atoms with E-state index in [1.165, 1.54) is 23.7 Å². The van der Waals surface area contributed by atoms with Crippen molar-refractivity contribution >= 4 is 34.3 Å². The topological polar surface area (TPSA) is 86.6 Å². The maximum atomic E-state index is 13.5. The molecule has 1 spiro atoms. The van der Waals surface area contributed by atoms with Gasteiger partial charge in [0.05, 0.1) is 5.54 Å². The molecule has 9 nitrogen and oxygen atoms in total. The van der Waals surface area contributed by atoms with Crippen LogP contribution in [-0.2, 0) is 5.54 Å². The number of nitrogens with one attached hydrogen (secondary N) is 1. The molecule has 9 heteroatoms. The monoisotopic (exact) mass is 485 g/mol. The second-order valence-corrected chi connectivity index (χ2v) is 11.8. The van der Waals surface area contributed by atoms with Crippen molar-refractivity contribution in [2.45, 2.75) is 24.8 Å². The number of nitrogens with zero attached hydrogens (tertiary/aromatic N) is 6. The summed E-state index contributed by atoms with van der Waals surface area (Å²) in [6, 6.07) is 10.0. The number of rotatable bonds is 5. The molecule has 3 aromatic rings. The fourth-order valence-corrected chi connectivity index (χ4v) is 6.83. The molecule has 36 heavy (non-hydrogen) atoms. The number of pyridine rings is 1. The molecule has 5 fully saturated rings.